The molecule has 3 rings (SSSR count). The molecule has 0 aliphatic carbocycles. The third-order valence-corrected chi connectivity index (χ3v) is 4.78. The van der Waals surface area contributed by atoms with Crippen molar-refractivity contribution in [3.8, 4) is 5.75 Å². The molecule has 1 saturated heterocycles. The summed E-state index contributed by atoms with van der Waals surface area (Å²) < 4.78 is 34.9. The van der Waals surface area contributed by atoms with Crippen LogP contribution < -0.4 is 15.4 Å². The van der Waals surface area contributed by atoms with Crippen molar-refractivity contribution in [1.29, 1.82) is 0 Å². The molecule has 2 aromatic rings. The second-order valence-corrected chi connectivity index (χ2v) is 7.04. The van der Waals surface area contributed by atoms with Crippen LogP contribution in [-0.4, -0.2) is 50.3 Å². The van der Waals surface area contributed by atoms with E-state index in [1.165, 1.54) is 5.56 Å². The molecule has 0 atom stereocenters. The van der Waals surface area contributed by atoms with Crippen LogP contribution in [-0.2, 0) is 24.4 Å². The second kappa shape index (κ2) is 11.5. The molecule has 2 aromatic carbocycles. The van der Waals surface area contributed by atoms with Gasteiger partial charge in [-0.3, -0.25) is 4.90 Å². The lowest BCUT2D eigenvalue weighted by molar-refractivity contribution is 0.0341. The Labute approximate surface area is 175 Å². The van der Waals surface area contributed by atoms with E-state index in [1.54, 1.807) is 24.3 Å². The molecule has 6 nitrogen and oxygen atoms in total. The Morgan fingerprint density at radius 1 is 1.03 bits per heavy atom. The number of nitrogens with one attached hydrogen (secondary N) is 2. The lowest BCUT2D eigenvalue weighted by Crippen LogP contribution is -2.37. The van der Waals surface area contributed by atoms with Crippen molar-refractivity contribution in [3.05, 3.63) is 65.2 Å². The number of ether oxygens (including phenoxy) is 2. The van der Waals surface area contributed by atoms with Crippen LogP contribution in [0.5, 0.6) is 5.75 Å². The number of hydrogen-bond donors (Lipinski definition) is 2. The van der Waals surface area contributed by atoms with Gasteiger partial charge in [0.25, 0.3) is 6.43 Å². The Morgan fingerprint density at radius 3 is 2.53 bits per heavy atom. The first-order valence-corrected chi connectivity index (χ1v) is 9.98. The van der Waals surface area contributed by atoms with Crippen molar-refractivity contribution in [3.63, 3.8) is 0 Å². The monoisotopic (exact) mass is 419 g/mol. The summed E-state index contributed by atoms with van der Waals surface area (Å²) >= 11 is 0. The molecule has 1 fully saturated rings. The van der Waals surface area contributed by atoms with Gasteiger partial charge in [0.15, 0.2) is 0 Å². The van der Waals surface area contributed by atoms with Gasteiger partial charge in [-0.15, -0.1) is 0 Å². The van der Waals surface area contributed by atoms with E-state index in [0.717, 1.165) is 44.0 Å². The quantitative estimate of drug-likeness (QED) is 0.656. The summed E-state index contributed by atoms with van der Waals surface area (Å²) in [5, 5.41) is 5.66. The zero-order valence-electron chi connectivity index (χ0n) is 16.8. The van der Waals surface area contributed by atoms with Gasteiger partial charge < -0.3 is 20.1 Å². The highest BCUT2D eigenvalue weighted by atomic mass is 19.3. The van der Waals surface area contributed by atoms with Crippen molar-refractivity contribution in [2.75, 3.05) is 32.9 Å². The molecule has 162 valence electrons. The van der Waals surface area contributed by atoms with Gasteiger partial charge in [0.05, 0.1) is 13.2 Å². The molecule has 30 heavy (non-hydrogen) atoms. The smallest absolute Gasteiger partial charge is 0.315 e. The highest BCUT2D eigenvalue weighted by molar-refractivity contribution is 5.73. The van der Waals surface area contributed by atoms with Gasteiger partial charge in [-0.2, -0.15) is 0 Å². The molecule has 1 heterocycles. The predicted octanol–water partition coefficient (Wildman–Crippen LogP) is 3.16. The molecule has 2 N–H and O–H groups in total. The van der Waals surface area contributed by atoms with E-state index in [0.29, 0.717) is 12.3 Å². The fourth-order valence-corrected chi connectivity index (χ4v) is 3.21. The van der Waals surface area contributed by atoms with Crippen LogP contribution in [0.2, 0.25) is 0 Å². The maximum Gasteiger partial charge on any atom is 0.315 e. The number of carbonyl (C=O) groups is 1. The van der Waals surface area contributed by atoms with E-state index < -0.39 is 13.0 Å². The number of alkyl halides is 2. The van der Waals surface area contributed by atoms with Gasteiger partial charge >= 0.3 is 6.03 Å². The number of nitrogens with zero attached hydrogens (tertiary/aromatic N) is 1. The van der Waals surface area contributed by atoms with Crippen LogP contribution >= 0.6 is 0 Å². The van der Waals surface area contributed by atoms with Gasteiger partial charge in [0.1, 0.15) is 12.4 Å². The van der Waals surface area contributed by atoms with Gasteiger partial charge in [-0.1, -0.05) is 36.4 Å². The minimum Gasteiger partial charge on any atom is -0.488 e. The Morgan fingerprint density at radius 2 is 1.77 bits per heavy atom. The van der Waals surface area contributed by atoms with E-state index >= 15 is 0 Å². The van der Waals surface area contributed by atoms with E-state index in [-0.39, 0.29) is 12.6 Å². The summed E-state index contributed by atoms with van der Waals surface area (Å²) in [6.45, 7) is 4.17. The van der Waals surface area contributed by atoms with Crippen molar-refractivity contribution < 1.29 is 23.0 Å². The third kappa shape index (κ3) is 7.27. The summed E-state index contributed by atoms with van der Waals surface area (Å²) in [5.74, 6) is 0.354. The van der Waals surface area contributed by atoms with Gasteiger partial charge in [0.2, 0.25) is 0 Å². The minimum absolute atomic E-state index is 0.271. The summed E-state index contributed by atoms with van der Waals surface area (Å²) in [5.41, 5.74) is 3.02. The van der Waals surface area contributed by atoms with E-state index in [4.69, 9.17) is 9.47 Å². The molecule has 0 bridgehead atoms. The van der Waals surface area contributed by atoms with Gasteiger partial charge in [-0.25, -0.2) is 13.6 Å². The first-order valence-electron chi connectivity index (χ1n) is 9.98. The number of rotatable bonds is 9. The van der Waals surface area contributed by atoms with E-state index in [1.807, 2.05) is 18.2 Å². The fraction of sp³-hybridized carbons (Fsp3) is 0.409. The van der Waals surface area contributed by atoms with Gasteiger partial charge in [-0.05, 0) is 28.8 Å². The number of urea groups is 1. The first-order chi connectivity index (χ1) is 14.6. The van der Waals surface area contributed by atoms with Crippen molar-refractivity contribution in [2.45, 2.75) is 26.1 Å². The predicted molar refractivity (Wildman–Crippen MR) is 110 cm³/mol. The number of morpholine rings is 1. The summed E-state index contributed by atoms with van der Waals surface area (Å²) in [4.78, 5) is 14.6. The van der Waals surface area contributed by atoms with Crippen molar-refractivity contribution >= 4 is 6.03 Å². The van der Waals surface area contributed by atoms with Gasteiger partial charge in [0, 0.05) is 32.7 Å². The van der Waals surface area contributed by atoms with Crippen LogP contribution in [0.3, 0.4) is 0 Å². The Balaban J connectivity index is 1.46. The second-order valence-electron chi connectivity index (χ2n) is 7.04. The molecule has 0 aromatic heterocycles. The largest absolute Gasteiger partial charge is 0.488 e. The van der Waals surface area contributed by atoms with Crippen LogP contribution in [0.1, 0.15) is 16.7 Å². The van der Waals surface area contributed by atoms with Crippen LogP contribution in [0.25, 0.3) is 0 Å². The lowest BCUT2D eigenvalue weighted by atomic mass is 10.1. The first kappa shape index (κ1) is 22.0. The maximum absolute atomic E-state index is 12.3. The number of benzene rings is 2. The minimum atomic E-state index is -2.52. The highest BCUT2D eigenvalue weighted by Crippen LogP contribution is 2.15. The maximum atomic E-state index is 12.3. The zero-order valence-corrected chi connectivity index (χ0v) is 16.8. The summed E-state index contributed by atoms with van der Waals surface area (Å²) in [6, 6.07) is 14.5. The molecule has 0 radical (unpaired) electrons. The molecule has 8 heteroatoms. The molecule has 0 saturated carbocycles. The van der Waals surface area contributed by atoms with Crippen molar-refractivity contribution in [2.24, 2.45) is 0 Å². The average molecular weight is 419 g/mol. The third-order valence-electron chi connectivity index (χ3n) is 4.78. The number of halogens is 2. The molecule has 0 unspecified atom stereocenters. The lowest BCUT2D eigenvalue weighted by Gasteiger charge is -2.27. The summed E-state index contributed by atoms with van der Waals surface area (Å²) in [6.07, 6.45) is -2.52. The molecule has 0 spiro atoms. The standard InChI is InChI=1S/C22H27F2N3O3/c23-21(24)16-30-20-7-3-4-17(12-20)13-25-22(28)26-14-18-5-1-2-6-19(18)15-27-8-10-29-11-9-27/h1-7,12,21H,8-11,13-16H2,(H2,25,26,28). The SMILES string of the molecule is O=C(NCc1cccc(OCC(F)F)c1)NCc1ccccc1CN1CCOCC1. The fourth-order valence-electron chi connectivity index (χ4n) is 3.21. The van der Waals surface area contributed by atoms with E-state index in [2.05, 4.69) is 21.6 Å². The number of hydrogen-bond acceptors (Lipinski definition) is 4. The molecule has 1 aliphatic rings. The van der Waals surface area contributed by atoms with Crippen LogP contribution in [0.15, 0.2) is 48.5 Å². The summed E-state index contributed by atoms with van der Waals surface area (Å²) in [7, 11) is 0. The topological polar surface area (TPSA) is 62.8 Å². The Kier molecular flexibility index (Phi) is 8.41. The Hall–Kier alpha value is -2.71. The molecular weight excluding hydrogens is 392 g/mol. The van der Waals surface area contributed by atoms with Crippen LogP contribution in [0, 0.1) is 0 Å². The highest BCUT2D eigenvalue weighted by Gasteiger charge is 2.13. The van der Waals surface area contributed by atoms with E-state index in [9.17, 15) is 13.6 Å². The Bertz CT molecular complexity index is 814. The number of carbonyl (C=O) groups excluding carboxylic acids is 1. The van der Waals surface area contributed by atoms with Crippen molar-refractivity contribution in [1.82, 2.24) is 15.5 Å². The normalized spacial score (nSPS) is 14.5. The zero-order chi connectivity index (χ0) is 21.2. The molecular formula is C22H27F2N3O3. The van der Waals surface area contributed by atoms with Crippen LogP contribution in [0.4, 0.5) is 13.6 Å². The average Bonchev–Trinajstić information content (AvgIpc) is 2.77. The molecule has 2 amide bonds. The number of amides is 2. The molecule has 1 aliphatic heterocycles.